The second kappa shape index (κ2) is 5.63. The molecule has 0 spiro atoms. The molecule has 1 unspecified atom stereocenters. The summed E-state index contributed by atoms with van der Waals surface area (Å²) >= 11 is 3.15. The molecule has 1 heterocycles. The van der Waals surface area contributed by atoms with Crippen LogP contribution in [0.25, 0.3) is 11.3 Å². The molecule has 0 amide bonds. The van der Waals surface area contributed by atoms with Crippen LogP contribution in [0.3, 0.4) is 0 Å². The Labute approximate surface area is 114 Å². The molecule has 2 rings (SSSR count). The first-order valence-corrected chi connectivity index (χ1v) is 6.56. The van der Waals surface area contributed by atoms with Crippen LogP contribution in [-0.2, 0) is 0 Å². The lowest BCUT2D eigenvalue weighted by Crippen LogP contribution is -2.17. The third-order valence-electron chi connectivity index (χ3n) is 2.62. The van der Waals surface area contributed by atoms with Crippen molar-refractivity contribution in [1.82, 2.24) is 10.3 Å². The number of nitrogens with zero attached hydrogens (tertiary/aromatic N) is 1. The van der Waals surface area contributed by atoms with E-state index in [0.717, 1.165) is 6.54 Å². The molecule has 1 N–H and O–H groups in total. The molecule has 96 valence electrons. The summed E-state index contributed by atoms with van der Waals surface area (Å²) in [5.74, 6) is 0.663. The van der Waals surface area contributed by atoms with E-state index in [9.17, 15) is 4.39 Å². The van der Waals surface area contributed by atoms with Gasteiger partial charge >= 0.3 is 0 Å². The zero-order valence-electron chi connectivity index (χ0n) is 10.2. The molecule has 3 nitrogen and oxygen atoms in total. The highest BCUT2D eigenvalue weighted by molar-refractivity contribution is 9.10. The lowest BCUT2D eigenvalue weighted by molar-refractivity contribution is 0.427. The van der Waals surface area contributed by atoms with Crippen LogP contribution >= 0.6 is 15.9 Å². The molecule has 0 fully saturated rings. The third-order valence-corrected chi connectivity index (χ3v) is 3.23. The second-order valence-corrected chi connectivity index (χ2v) is 4.80. The first kappa shape index (κ1) is 13.2. The van der Waals surface area contributed by atoms with Gasteiger partial charge in [-0.25, -0.2) is 9.37 Å². The molecular formula is C13H14BrFN2O. The van der Waals surface area contributed by atoms with Crippen molar-refractivity contribution in [3.63, 3.8) is 0 Å². The van der Waals surface area contributed by atoms with E-state index in [-0.39, 0.29) is 11.9 Å². The SMILES string of the molecule is CCNC(C)c1ncc(-c2cccc(Br)c2F)o1. The van der Waals surface area contributed by atoms with Gasteiger partial charge in [-0.1, -0.05) is 13.0 Å². The minimum Gasteiger partial charge on any atom is -0.439 e. The maximum atomic E-state index is 13.9. The highest BCUT2D eigenvalue weighted by atomic mass is 79.9. The van der Waals surface area contributed by atoms with Crippen molar-refractivity contribution in [3.8, 4) is 11.3 Å². The molecule has 1 atom stereocenters. The summed E-state index contributed by atoms with van der Waals surface area (Å²) in [4.78, 5) is 4.17. The van der Waals surface area contributed by atoms with Gasteiger partial charge in [0.05, 0.1) is 22.3 Å². The van der Waals surface area contributed by atoms with Crippen LogP contribution in [0, 0.1) is 5.82 Å². The lowest BCUT2D eigenvalue weighted by Gasteiger charge is -2.07. The fraction of sp³-hybridized carbons (Fsp3) is 0.308. The van der Waals surface area contributed by atoms with E-state index in [4.69, 9.17) is 4.42 Å². The number of oxazole rings is 1. The fourth-order valence-corrected chi connectivity index (χ4v) is 2.07. The summed E-state index contributed by atoms with van der Waals surface area (Å²) in [6.45, 7) is 4.79. The van der Waals surface area contributed by atoms with Gasteiger partial charge in [-0.05, 0) is 41.5 Å². The molecule has 1 aromatic heterocycles. The first-order valence-electron chi connectivity index (χ1n) is 5.77. The predicted molar refractivity (Wildman–Crippen MR) is 71.7 cm³/mol. The number of halogens is 2. The standard InChI is InChI=1S/C13H14BrFN2O/c1-3-16-8(2)13-17-7-11(18-13)9-5-4-6-10(14)12(9)15/h4-8,16H,3H2,1-2H3. The van der Waals surface area contributed by atoms with E-state index in [2.05, 4.69) is 26.2 Å². The maximum absolute atomic E-state index is 13.9. The molecule has 0 aliphatic heterocycles. The first-order chi connectivity index (χ1) is 8.63. The Kier molecular flexibility index (Phi) is 4.14. The van der Waals surface area contributed by atoms with Crippen molar-refractivity contribution in [1.29, 1.82) is 0 Å². The summed E-state index contributed by atoms with van der Waals surface area (Å²) in [5.41, 5.74) is 0.409. The van der Waals surface area contributed by atoms with Gasteiger partial charge < -0.3 is 9.73 Å². The van der Waals surface area contributed by atoms with Crippen LogP contribution < -0.4 is 5.32 Å². The molecule has 0 aliphatic carbocycles. The molecule has 2 aromatic rings. The van der Waals surface area contributed by atoms with Crippen molar-refractivity contribution in [3.05, 3.63) is 40.6 Å². The number of hydrogen-bond donors (Lipinski definition) is 1. The smallest absolute Gasteiger partial charge is 0.211 e. The van der Waals surface area contributed by atoms with Gasteiger partial charge in [0.2, 0.25) is 5.89 Å². The summed E-state index contributed by atoms with van der Waals surface area (Å²) in [6.07, 6.45) is 1.55. The Bertz CT molecular complexity index is 542. The average Bonchev–Trinajstić information content (AvgIpc) is 2.82. The van der Waals surface area contributed by atoms with E-state index in [1.54, 1.807) is 24.4 Å². The molecule has 5 heteroatoms. The van der Waals surface area contributed by atoms with E-state index in [1.165, 1.54) is 0 Å². The predicted octanol–water partition coefficient (Wildman–Crippen LogP) is 3.91. The Morgan fingerprint density at radius 2 is 2.28 bits per heavy atom. The van der Waals surface area contributed by atoms with Crippen LogP contribution in [0.1, 0.15) is 25.8 Å². The van der Waals surface area contributed by atoms with Crippen molar-refractivity contribution < 1.29 is 8.81 Å². The van der Waals surface area contributed by atoms with Crippen molar-refractivity contribution in [2.75, 3.05) is 6.54 Å². The van der Waals surface area contributed by atoms with Gasteiger partial charge in [-0.2, -0.15) is 0 Å². The van der Waals surface area contributed by atoms with Crippen LogP contribution in [0.5, 0.6) is 0 Å². The summed E-state index contributed by atoms with van der Waals surface area (Å²) in [5, 5.41) is 3.19. The number of nitrogens with one attached hydrogen (secondary N) is 1. The van der Waals surface area contributed by atoms with Crippen LogP contribution in [-0.4, -0.2) is 11.5 Å². The Balaban J connectivity index is 2.32. The Hall–Kier alpha value is -1.20. The van der Waals surface area contributed by atoms with Gasteiger partial charge in [-0.3, -0.25) is 0 Å². The molecule has 18 heavy (non-hydrogen) atoms. The van der Waals surface area contributed by atoms with Crippen molar-refractivity contribution in [2.24, 2.45) is 0 Å². The average molecular weight is 313 g/mol. The topological polar surface area (TPSA) is 38.1 Å². The minimum absolute atomic E-state index is 0.0129. The monoisotopic (exact) mass is 312 g/mol. The minimum atomic E-state index is -0.337. The van der Waals surface area contributed by atoms with Gasteiger partial charge in [0.1, 0.15) is 5.82 Å². The largest absolute Gasteiger partial charge is 0.439 e. The normalized spacial score (nSPS) is 12.7. The fourth-order valence-electron chi connectivity index (χ4n) is 1.70. The van der Waals surface area contributed by atoms with Gasteiger partial charge in [0.25, 0.3) is 0 Å². The second-order valence-electron chi connectivity index (χ2n) is 3.94. The zero-order chi connectivity index (χ0) is 13.1. The third kappa shape index (κ3) is 2.62. The number of aromatic nitrogens is 1. The quantitative estimate of drug-likeness (QED) is 0.930. The van der Waals surface area contributed by atoms with Crippen LogP contribution in [0.15, 0.2) is 33.3 Å². The maximum Gasteiger partial charge on any atom is 0.211 e. The molecule has 0 bridgehead atoms. The number of rotatable bonds is 4. The van der Waals surface area contributed by atoms with Crippen molar-refractivity contribution >= 4 is 15.9 Å². The highest BCUT2D eigenvalue weighted by Gasteiger charge is 2.15. The molecular weight excluding hydrogens is 299 g/mol. The number of hydrogen-bond acceptors (Lipinski definition) is 3. The van der Waals surface area contributed by atoms with Crippen molar-refractivity contribution in [2.45, 2.75) is 19.9 Å². The summed E-state index contributed by atoms with van der Waals surface area (Å²) < 4.78 is 19.9. The molecule has 0 saturated heterocycles. The zero-order valence-corrected chi connectivity index (χ0v) is 11.8. The Morgan fingerprint density at radius 1 is 1.50 bits per heavy atom. The molecule has 0 radical (unpaired) electrons. The molecule has 1 aromatic carbocycles. The van der Waals surface area contributed by atoms with E-state index < -0.39 is 0 Å². The Morgan fingerprint density at radius 3 is 3.00 bits per heavy atom. The van der Waals surface area contributed by atoms with Crippen LogP contribution in [0.4, 0.5) is 4.39 Å². The van der Waals surface area contributed by atoms with E-state index >= 15 is 0 Å². The number of benzene rings is 1. The van der Waals surface area contributed by atoms with Gasteiger partial charge in [0, 0.05) is 0 Å². The van der Waals surface area contributed by atoms with E-state index in [0.29, 0.717) is 21.7 Å². The van der Waals surface area contributed by atoms with Gasteiger partial charge in [-0.15, -0.1) is 0 Å². The van der Waals surface area contributed by atoms with Crippen LogP contribution in [0.2, 0.25) is 0 Å². The summed E-state index contributed by atoms with van der Waals surface area (Å²) in [7, 11) is 0. The summed E-state index contributed by atoms with van der Waals surface area (Å²) in [6, 6.07) is 5.09. The van der Waals surface area contributed by atoms with E-state index in [1.807, 2.05) is 13.8 Å². The lowest BCUT2D eigenvalue weighted by atomic mass is 10.2. The molecule has 0 aliphatic rings. The highest BCUT2D eigenvalue weighted by Crippen LogP contribution is 2.29. The molecule has 0 saturated carbocycles. The van der Waals surface area contributed by atoms with Gasteiger partial charge in [0.15, 0.2) is 5.76 Å².